The number of rotatable bonds is 9. The van der Waals surface area contributed by atoms with Crippen LogP contribution in [-0.4, -0.2) is 111 Å². The Labute approximate surface area is 196 Å². The van der Waals surface area contributed by atoms with Crippen LogP contribution in [0.3, 0.4) is 0 Å². The molecule has 7 nitrogen and oxygen atoms in total. The third kappa shape index (κ3) is 10.1. The normalized spacial score (nSPS) is 23.7. The van der Waals surface area contributed by atoms with Crippen LogP contribution in [0.2, 0.25) is 0 Å². The molecule has 0 saturated carbocycles. The smallest absolute Gasteiger partial charge is 0.191 e. The molecule has 0 bridgehead atoms. The van der Waals surface area contributed by atoms with Gasteiger partial charge in [-0.15, -0.1) is 24.0 Å². The Kier molecular flexibility index (Phi) is 13.7. The largest absolute Gasteiger partial charge is 0.374 e. The average Bonchev–Trinajstić information content (AvgIpc) is 2.69. The van der Waals surface area contributed by atoms with Gasteiger partial charge in [-0.05, 0) is 26.3 Å². The van der Waals surface area contributed by atoms with E-state index < -0.39 is 0 Å². The minimum Gasteiger partial charge on any atom is -0.374 e. The summed E-state index contributed by atoms with van der Waals surface area (Å²) < 4.78 is 5.96. The lowest BCUT2D eigenvalue weighted by molar-refractivity contribution is -0.0284. The van der Waals surface area contributed by atoms with Crippen LogP contribution in [0, 0.1) is 5.92 Å². The first-order valence-electron chi connectivity index (χ1n) is 11.3. The second-order valence-corrected chi connectivity index (χ2v) is 8.57. The number of aliphatic imine (C=N–C) groups is 1. The van der Waals surface area contributed by atoms with Crippen molar-refractivity contribution in [1.29, 1.82) is 0 Å². The zero-order chi connectivity index (χ0) is 20.4. The van der Waals surface area contributed by atoms with Crippen LogP contribution in [0.1, 0.15) is 34.6 Å². The fourth-order valence-corrected chi connectivity index (χ4v) is 4.00. The van der Waals surface area contributed by atoms with Gasteiger partial charge >= 0.3 is 0 Å². The topological polar surface area (TPSA) is 55.4 Å². The van der Waals surface area contributed by atoms with E-state index >= 15 is 0 Å². The van der Waals surface area contributed by atoms with Crippen molar-refractivity contribution in [3.8, 4) is 0 Å². The highest BCUT2D eigenvalue weighted by atomic mass is 127. The fraction of sp³-hybridized carbons (Fsp3) is 0.952. The van der Waals surface area contributed by atoms with Crippen molar-refractivity contribution < 1.29 is 4.74 Å². The molecule has 0 amide bonds. The Morgan fingerprint density at radius 2 is 1.76 bits per heavy atom. The SMILES string of the molecule is CCNC(=NCC(C)N1CCN(CC)CC1)NCC1CN(CC(C)C)CCO1.I. The second-order valence-electron chi connectivity index (χ2n) is 8.57. The van der Waals surface area contributed by atoms with Crippen molar-refractivity contribution in [1.82, 2.24) is 25.3 Å². The molecule has 0 radical (unpaired) electrons. The van der Waals surface area contributed by atoms with Crippen molar-refractivity contribution in [2.24, 2.45) is 10.9 Å². The van der Waals surface area contributed by atoms with Crippen LogP contribution in [0.5, 0.6) is 0 Å². The highest BCUT2D eigenvalue weighted by molar-refractivity contribution is 14.0. The first-order valence-corrected chi connectivity index (χ1v) is 11.3. The predicted octanol–water partition coefficient (Wildman–Crippen LogP) is 1.54. The summed E-state index contributed by atoms with van der Waals surface area (Å²) in [6, 6.07) is 0.474. The maximum absolute atomic E-state index is 5.96. The zero-order valence-electron chi connectivity index (χ0n) is 19.3. The van der Waals surface area contributed by atoms with Gasteiger partial charge in [0.1, 0.15) is 0 Å². The fourth-order valence-electron chi connectivity index (χ4n) is 4.00. The number of guanidine groups is 1. The van der Waals surface area contributed by atoms with Crippen molar-refractivity contribution in [2.75, 3.05) is 78.6 Å². The van der Waals surface area contributed by atoms with Gasteiger partial charge in [0, 0.05) is 64.9 Å². The molecule has 0 spiro atoms. The lowest BCUT2D eigenvalue weighted by atomic mass is 10.2. The molecule has 2 fully saturated rings. The van der Waals surface area contributed by atoms with E-state index in [1.54, 1.807) is 0 Å². The van der Waals surface area contributed by atoms with Gasteiger partial charge in [-0.2, -0.15) is 0 Å². The standard InChI is InChI=1S/C21H44N6O.HI/c1-6-22-21(23-14-19(5)27-10-8-25(7-2)9-11-27)24-15-20-17-26(12-13-28-20)16-18(3)4;/h18-20H,6-17H2,1-5H3,(H2,22,23,24);1H. The minimum absolute atomic E-state index is 0. The summed E-state index contributed by atoms with van der Waals surface area (Å²) in [5.41, 5.74) is 0. The molecule has 2 heterocycles. The number of ether oxygens (including phenoxy) is 1. The molecule has 2 unspecified atom stereocenters. The second kappa shape index (κ2) is 14.8. The molecule has 29 heavy (non-hydrogen) atoms. The summed E-state index contributed by atoms with van der Waals surface area (Å²) in [5, 5.41) is 6.88. The Hall–Kier alpha value is -0.160. The lowest BCUT2D eigenvalue weighted by Crippen LogP contribution is -2.51. The van der Waals surface area contributed by atoms with Crippen LogP contribution < -0.4 is 10.6 Å². The average molecular weight is 525 g/mol. The molecule has 2 atom stereocenters. The summed E-state index contributed by atoms with van der Waals surface area (Å²) in [6.07, 6.45) is 0.232. The van der Waals surface area contributed by atoms with Gasteiger partial charge in [-0.3, -0.25) is 14.8 Å². The van der Waals surface area contributed by atoms with E-state index in [0.29, 0.717) is 12.0 Å². The van der Waals surface area contributed by atoms with E-state index in [0.717, 1.165) is 71.5 Å². The quantitative estimate of drug-likeness (QED) is 0.271. The van der Waals surface area contributed by atoms with E-state index in [1.807, 2.05) is 0 Å². The number of halogens is 1. The number of nitrogens with zero attached hydrogens (tertiary/aromatic N) is 4. The van der Waals surface area contributed by atoms with E-state index in [2.05, 4.69) is 60.0 Å². The summed E-state index contributed by atoms with van der Waals surface area (Å²) in [6.45, 7) is 23.6. The molecule has 0 aromatic heterocycles. The summed E-state index contributed by atoms with van der Waals surface area (Å²) in [5.74, 6) is 1.61. The third-order valence-corrected chi connectivity index (χ3v) is 5.68. The molecular weight excluding hydrogens is 479 g/mol. The van der Waals surface area contributed by atoms with Gasteiger partial charge in [-0.25, -0.2) is 0 Å². The summed E-state index contributed by atoms with van der Waals surface area (Å²) in [4.78, 5) is 12.4. The highest BCUT2D eigenvalue weighted by Crippen LogP contribution is 2.08. The molecule has 8 heteroatoms. The van der Waals surface area contributed by atoms with E-state index in [9.17, 15) is 0 Å². The molecule has 2 aliphatic heterocycles. The molecule has 2 aliphatic rings. The lowest BCUT2D eigenvalue weighted by Gasteiger charge is -2.37. The molecule has 2 N–H and O–H groups in total. The maximum atomic E-state index is 5.96. The molecule has 0 aromatic rings. The number of likely N-dealkylation sites (N-methyl/N-ethyl adjacent to an activating group) is 1. The summed E-state index contributed by atoms with van der Waals surface area (Å²) >= 11 is 0. The van der Waals surface area contributed by atoms with E-state index in [1.165, 1.54) is 13.1 Å². The molecule has 0 aromatic carbocycles. The number of morpholine rings is 1. The van der Waals surface area contributed by atoms with E-state index in [4.69, 9.17) is 9.73 Å². The Bertz CT molecular complexity index is 456. The van der Waals surface area contributed by atoms with Crippen LogP contribution >= 0.6 is 24.0 Å². The van der Waals surface area contributed by atoms with Crippen molar-refractivity contribution in [3.05, 3.63) is 0 Å². The Balaban J connectivity index is 0.00000420. The molecule has 172 valence electrons. The first-order chi connectivity index (χ1) is 13.5. The zero-order valence-corrected chi connectivity index (χ0v) is 21.7. The minimum atomic E-state index is 0. The predicted molar refractivity (Wildman–Crippen MR) is 134 cm³/mol. The van der Waals surface area contributed by atoms with Gasteiger partial charge in [-0.1, -0.05) is 20.8 Å². The van der Waals surface area contributed by atoms with Crippen molar-refractivity contribution in [2.45, 2.75) is 46.8 Å². The number of hydrogen-bond acceptors (Lipinski definition) is 5. The van der Waals surface area contributed by atoms with Gasteiger partial charge in [0.2, 0.25) is 0 Å². The highest BCUT2D eigenvalue weighted by Gasteiger charge is 2.22. The first kappa shape index (κ1) is 26.9. The van der Waals surface area contributed by atoms with Crippen molar-refractivity contribution in [3.63, 3.8) is 0 Å². The Morgan fingerprint density at radius 3 is 2.38 bits per heavy atom. The van der Waals surface area contributed by atoms with Crippen LogP contribution in [0.25, 0.3) is 0 Å². The molecule has 2 rings (SSSR count). The monoisotopic (exact) mass is 524 g/mol. The van der Waals surface area contributed by atoms with Gasteiger partial charge in [0.25, 0.3) is 0 Å². The van der Waals surface area contributed by atoms with E-state index in [-0.39, 0.29) is 30.1 Å². The molecule has 0 aliphatic carbocycles. The summed E-state index contributed by atoms with van der Waals surface area (Å²) in [7, 11) is 0. The van der Waals surface area contributed by atoms with Gasteiger partial charge in [0.05, 0.1) is 19.3 Å². The van der Waals surface area contributed by atoms with Crippen LogP contribution in [-0.2, 0) is 4.74 Å². The third-order valence-electron chi connectivity index (χ3n) is 5.68. The molecule has 2 saturated heterocycles. The number of nitrogens with one attached hydrogen (secondary N) is 2. The van der Waals surface area contributed by atoms with Gasteiger partial charge in [0.15, 0.2) is 5.96 Å². The molecular formula is C21H45IN6O. The number of piperazine rings is 1. The van der Waals surface area contributed by atoms with Gasteiger partial charge < -0.3 is 20.3 Å². The van der Waals surface area contributed by atoms with Crippen molar-refractivity contribution >= 4 is 29.9 Å². The van der Waals surface area contributed by atoms with Crippen LogP contribution in [0.4, 0.5) is 0 Å². The Morgan fingerprint density at radius 1 is 1.03 bits per heavy atom. The number of hydrogen-bond donors (Lipinski definition) is 2. The maximum Gasteiger partial charge on any atom is 0.191 e. The van der Waals surface area contributed by atoms with Crippen LogP contribution in [0.15, 0.2) is 4.99 Å².